The maximum atomic E-state index is 12.2. The molecule has 1 amide bonds. The van der Waals surface area contributed by atoms with Crippen molar-refractivity contribution in [1.82, 2.24) is 20.0 Å². The van der Waals surface area contributed by atoms with Crippen LogP contribution >= 0.6 is 0 Å². The molecule has 0 atom stereocenters. The molecule has 0 unspecified atom stereocenters. The number of aryl methyl sites for hydroxylation is 1. The number of nitrogens with one attached hydrogen (secondary N) is 1. The van der Waals surface area contributed by atoms with Crippen LogP contribution in [0, 0.1) is 0 Å². The smallest absolute Gasteiger partial charge is 0.290 e. The van der Waals surface area contributed by atoms with Crippen molar-refractivity contribution in [2.45, 2.75) is 26.8 Å². The highest BCUT2D eigenvalue weighted by Crippen LogP contribution is 2.35. The Labute approximate surface area is 143 Å². The van der Waals surface area contributed by atoms with Crippen molar-refractivity contribution in [3.8, 4) is 11.3 Å². The van der Waals surface area contributed by atoms with Gasteiger partial charge in [-0.05, 0) is 31.0 Å². The molecule has 1 aliphatic rings. The molecule has 0 radical (unpaired) electrons. The second-order valence-electron chi connectivity index (χ2n) is 6.09. The van der Waals surface area contributed by atoms with E-state index in [1.807, 2.05) is 25.1 Å². The quantitative estimate of drug-likeness (QED) is 0.732. The zero-order chi connectivity index (χ0) is 17.7. The Morgan fingerprint density at radius 2 is 2.20 bits per heavy atom. The molecule has 4 rings (SSSR count). The molecule has 128 valence electrons. The molecule has 0 aliphatic carbocycles. The first-order valence-corrected chi connectivity index (χ1v) is 8.17. The van der Waals surface area contributed by atoms with Gasteiger partial charge in [0.2, 0.25) is 5.91 Å². The Morgan fingerprint density at radius 3 is 2.92 bits per heavy atom. The minimum atomic E-state index is -0.311. The average Bonchev–Trinajstić information content (AvgIpc) is 3.19. The monoisotopic (exact) mass is 338 g/mol. The zero-order valence-corrected chi connectivity index (χ0v) is 14.0. The molecule has 1 aromatic carbocycles. The van der Waals surface area contributed by atoms with Gasteiger partial charge in [0.05, 0.1) is 5.39 Å². The van der Waals surface area contributed by atoms with Gasteiger partial charge in [-0.2, -0.15) is 10.2 Å². The highest BCUT2D eigenvalue weighted by atomic mass is 16.2. The summed E-state index contributed by atoms with van der Waals surface area (Å²) < 4.78 is 1.64. The van der Waals surface area contributed by atoms with Crippen LogP contribution in [0.25, 0.3) is 22.2 Å². The predicted molar refractivity (Wildman–Crippen MR) is 95.4 cm³/mol. The van der Waals surface area contributed by atoms with Gasteiger partial charge in [0.15, 0.2) is 5.82 Å². The number of nitrogens with two attached hydrogens (primary N) is 1. The Balaban J connectivity index is 1.94. The minimum Gasteiger partial charge on any atom is -0.382 e. The first kappa shape index (κ1) is 15.4. The van der Waals surface area contributed by atoms with E-state index >= 15 is 0 Å². The Kier molecular flexibility index (Phi) is 3.34. The van der Waals surface area contributed by atoms with Crippen LogP contribution in [0.3, 0.4) is 0 Å². The molecule has 8 nitrogen and oxygen atoms in total. The lowest BCUT2D eigenvalue weighted by molar-refractivity contribution is -0.116. The number of anilines is 2. The summed E-state index contributed by atoms with van der Waals surface area (Å²) in [4.78, 5) is 25.7. The lowest BCUT2D eigenvalue weighted by atomic mass is 10.0. The molecular weight excluding hydrogens is 320 g/mol. The maximum Gasteiger partial charge on any atom is 0.290 e. The van der Waals surface area contributed by atoms with Crippen molar-refractivity contribution in [3.63, 3.8) is 0 Å². The van der Waals surface area contributed by atoms with Crippen LogP contribution in [0.15, 0.2) is 23.0 Å². The fourth-order valence-electron chi connectivity index (χ4n) is 3.46. The summed E-state index contributed by atoms with van der Waals surface area (Å²) in [6.45, 7) is 4.71. The molecule has 3 heterocycles. The number of carbonyl (C=O) groups is 1. The molecular formula is C17H18N6O2. The van der Waals surface area contributed by atoms with Crippen LogP contribution in [-0.4, -0.2) is 32.4 Å². The first-order valence-electron chi connectivity index (χ1n) is 8.17. The number of nitrogens with zero attached hydrogens (tertiary/aromatic N) is 4. The van der Waals surface area contributed by atoms with Crippen molar-refractivity contribution >= 4 is 28.3 Å². The third-order valence-corrected chi connectivity index (χ3v) is 4.63. The number of benzene rings is 1. The van der Waals surface area contributed by atoms with Crippen molar-refractivity contribution in [3.05, 3.63) is 34.1 Å². The summed E-state index contributed by atoms with van der Waals surface area (Å²) in [6, 6.07) is 5.84. The predicted octanol–water partition coefficient (Wildman–Crippen LogP) is 1.30. The fraction of sp³-hybridized carbons (Fsp3) is 0.294. The molecule has 3 N–H and O–H groups in total. The third kappa shape index (κ3) is 2.21. The van der Waals surface area contributed by atoms with Gasteiger partial charge in [0.1, 0.15) is 11.2 Å². The van der Waals surface area contributed by atoms with E-state index in [-0.39, 0.29) is 17.3 Å². The normalized spacial score (nSPS) is 13.4. The molecule has 0 bridgehead atoms. The van der Waals surface area contributed by atoms with Gasteiger partial charge in [-0.3, -0.25) is 14.3 Å². The highest BCUT2D eigenvalue weighted by Gasteiger charge is 2.24. The van der Waals surface area contributed by atoms with Crippen molar-refractivity contribution < 1.29 is 4.79 Å². The van der Waals surface area contributed by atoms with E-state index in [2.05, 4.69) is 15.3 Å². The molecule has 0 saturated carbocycles. The van der Waals surface area contributed by atoms with Crippen LogP contribution in [0.5, 0.6) is 0 Å². The van der Waals surface area contributed by atoms with Gasteiger partial charge in [-0.1, -0.05) is 6.07 Å². The van der Waals surface area contributed by atoms with Gasteiger partial charge in [0.25, 0.3) is 5.56 Å². The molecule has 0 saturated heterocycles. The standard InChI is InChI=1S/C17H18N6O2/c1-3-23-15-13(16(18)19-20-17(15)25)14(21-23)11-4-5-12-10(8-11)6-7-22(12)9(2)24/h4-5,8H,3,6-7H2,1-2H3,(H2,18,19)(H,20,25). The molecule has 2 aromatic heterocycles. The van der Waals surface area contributed by atoms with Crippen molar-refractivity contribution in [2.75, 3.05) is 17.2 Å². The third-order valence-electron chi connectivity index (χ3n) is 4.63. The second-order valence-corrected chi connectivity index (χ2v) is 6.09. The van der Waals surface area contributed by atoms with Crippen LogP contribution in [0.4, 0.5) is 11.5 Å². The average molecular weight is 338 g/mol. The summed E-state index contributed by atoms with van der Waals surface area (Å²) in [5, 5.41) is 11.4. The van der Waals surface area contributed by atoms with Gasteiger partial charge >= 0.3 is 0 Å². The van der Waals surface area contributed by atoms with Gasteiger partial charge in [0, 0.05) is 31.3 Å². The van der Waals surface area contributed by atoms with Gasteiger partial charge in [-0.25, -0.2) is 5.10 Å². The Morgan fingerprint density at radius 1 is 1.40 bits per heavy atom. The second kappa shape index (κ2) is 5.44. The van der Waals surface area contributed by atoms with Crippen LogP contribution in [-0.2, 0) is 17.8 Å². The molecule has 0 spiro atoms. The van der Waals surface area contributed by atoms with E-state index in [4.69, 9.17) is 5.73 Å². The summed E-state index contributed by atoms with van der Waals surface area (Å²) >= 11 is 0. The van der Waals surface area contributed by atoms with E-state index in [1.54, 1.807) is 16.5 Å². The number of rotatable bonds is 2. The van der Waals surface area contributed by atoms with Crippen molar-refractivity contribution in [1.29, 1.82) is 0 Å². The number of H-pyrrole nitrogens is 1. The number of nitrogen functional groups attached to an aromatic ring is 1. The number of aromatic amines is 1. The number of amides is 1. The first-order chi connectivity index (χ1) is 12.0. The molecule has 25 heavy (non-hydrogen) atoms. The SMILES string of the molecule is CCn1nc(-c2ccc3c(c2)CCN3C(C)=O)c2c(N)n[nH]c(=O)c21. The lowest BCUT2D eigenvalue weighted by Gasteiger charge is -2.14. The lowest BCUT2D eigenvalue weighted by Crippen LogP contribution is -2.25. The van der Waals surface area contributed by atoms with E-state index < -0.39 is 0 Å². The summed E-state index contributed by atoms with van der Waals surface area (Å²) in [6.07, 6.45) is 0.795. The number of hydrogen-bond donors (Lipinski definition) is 2. The van der Waals surface area contributed by atoms with Crippen LogP contribution < -0.4 is 16.2 Å². The van der Waals surface area contributed by atoms with E-state index in [9.17, 15) is 9.59 Å². The van der Waals surface area contributed by atoms with Gasteiger partial charge in [-0.15, -0.1) is 0 Å². The van der Waals surface area contributed by atoms with E-state index in [0.717, 1.165) is 23.2 Å². The summed E-state index contributed by atoms with van der Waals surface area (Å²) in [7, 11) is 0. The summed E-state index contributed by atoms with van der Waals surface area (Å²) in [5.41, 5.74) is 9.65. The van der Waals surface area contributed by atoms with Crippen molar-refractivity contribution in [2.24, 2.45) is 0 Å². The number of hydrogen-bond acceptors (Lipinski definition) is 5. The zero-order valence-electron chi connectivity index (χ0n) is 14.0. The Hall–Kier alpha value is -3.16. The van der Waals surface area contributed by atoms with E-state index in [1.165, 1.54) is 0 Å². The largest absolute Gasteiger partial charge is 0.382 e. The van der Waals surface area contributed by atoms with Crippen LogP contribution in [0.2, 0.25) is 0 Å². The van der Waals surface area contributed by atoms with Crippen LogP contribution in [0.1, 0.15) is 19.4 Å². The number of carbonyl (C=O) groups excluding carboxylic acids is 1. The van der Waals surface area contributed by atoms with E-state index in [0.29, 0.717) is 29.7 Å². The topological polar surface area (TPSA) is 110 Å². The highest BCUT2D eigenvalue weighted by molar-refractivity contribution is 6.00. The molecule has 8 heteroatoms. The fourth-order valence-corrected chi connectivity index (χ4v) is 3.46. The number of aromatic nitrogens is 4. The maximum absolute atomic E-state index is 12.2. The summed E-state index contributed by atoms with van der Waals surface area (Å²) in [5.74, 6) is 0.280. The van der Waals surface area contributed by atoms with Gasteiger partial charge < -0.3 is 10.6 Å². The molecule has 0 fully saturated rings. The Bertz CT molecular complexity index is 1060. The molecule has 1 aliphatic heterocycles. The molecule has 3 aromatic rings. The minimum absolute atomic E-state index is 0.0344. The number of fused-ring (bicyclic) bond motifs is 2.